The fraction of sp³-hybridized carbons (Fsp3) is 0.750. The summed E-state index contributed by atoms with van der Waals surface area (Å²) >= 11 is 0. The van der Waals surface area contributed by atoms with Gasteiger partial charge in [0.1, 0.15) is 5.76 Å². The van der Waals surface area contributed by atoms with Gasteiger partial charge in [-0.1, -0.05) is 0 Å². The molecule has 1 aromatic rings. The lowest BCUT2D eigenvalue weighted by molar-refractivity contribution is 0.0888. The molecule has 2 fully saturated rings. The summed E-state index contributed by atoms with van der Waals surface area (Å²) in [5, 5.41) is 6.82. The van der Waals surface area contributed by atoms with Crippen molar-refractivity contribution in [2.24, 2.45) is 10.9 Å². The van der Waals surface area contributed by atoms with E-state index in [-0.39, 0.29) is 6.04 Å². The molecule has 0 aliphatic carbocycles. The van der Waals surface area contributed by atoms with Crippen LogP contribution < -0.4 is 10.6 Å². The Morgan fingerprint density at radius 3 is 2.96 bits per heavy atom. The van der Waals surface area contributed by atoms with Gasteiger partial charge in [-0.25, -0.2) is 0 Å². The van der Waals surface area contributed by atoms with Gasteiger partial charge in [0.05, 0.1) is 25.5 Å². The van der Waals surface area contributed by atoms with Crippen molar-refractivity contribution in [3.05, 3.63) is 24.2 Å². The lowest BCUT2D eigenvalue weighted by Crippen LogP contribution is -2.43. The summed E-state index contributed by atoms with van der Waals surface area (Å²) in [7, 11) is 1.81. The van der Waals surface area contributed by atoms with E-state index in [1.54, 1.807) is 6.26 Å². The maximum atomic E-state index is 5.75. The van der Waals surface area contributed by atoms with Crippen molar-refractivity contribution < 1.29 is 13.9 Å². The van der Waals surface area contributed by atoms with Crippen LogP contribution in [0.25, 0.3) is 0 Å². The molecular formula is C20H34N4O3. The van der Waals surface area contributed by atoms with Crippen molar-refractivity contribution in [2.45, 2.75) is 31.7 Å². The van der Waals surface area contributed by atoms with Crippen molar-refractivity contribution in [3.63, 3.8) is 0 Å². The molecule has 2 aliphatic rings. The molecule has 7 heteroatoms. The van der Waals surface area contributed by atoms with E-state index in [9.17, 15) is 0 Å². The molecule has 27 heavy (non-hydrogen) atoms. The van der Waals surface area contributed by atoms with Gasteiger partial charge < -0.3 is 24.5 Å². The second-order valence-corrected chi connectivity index (χ2v) is 7.31. The summed E-state index contributed by atoms with van der Waals surface area (Å²) in [6, 6.07) is 4.27. The van der Waals surface area contributed by atoms with Crippen LogP contribution >= 0.6 is 0 Å². The second-order valence-electron chi connectivity index (χ2n) is 7.31. The van der Waals surface area contributed by atoms with Crippen LogP contribution in [0.2, 0.25) is 0 Å². The van der Waals surface area contributed by atoms with Gasteiger partial charge in [0.25, 0.3) is 0 Å². The van der Waals surface area contributed by atoms with Gasteiger partial charge >= 0.3 is 0 Å². The molecule has 2 N–H and O–H groups in total. The highest BCUT2D eigenvalue weighted by atomic mass is 16.5. The predicted molar refractivity (Wildman–Crippen MR) is 106 cm³/mol. The molecule has 2 aliphatic heterocycles. The third-order valence-electron chi connectivity index (χ3n) is 5.27. The van der Waals surface area contributed by atoms with Crippen molar-refractivity contribution in [1.29, 1.82) is 0 Å². The van der Waals surface area contributed by atoms with Gasteiger partial charge in [-0.15, -0.1) is 0 Å². The standard InChI is InChI=1S/C20H34N4O3/c1-21-20(22-8-5-11-25-15-17-7-13-26-16-17)23-14-18(19-6-4-12-27-19)24-9-2-3-10-24/h4,6,12,17-18H,2-3,5,7-11,13-16H2,1H3,(H2,21,22,23). The lowest BCUT2D eigenvalue weighted by Gasteiger charge is -2.26. The van der Waals surface area contributed by atoms with Crippen molar-refractivity contribution in [2.75, 3.05) is 59.7 Å². The molecular weight excluding hydrogens is 344 g/mol. The largest absolute Gasteiger partial charge is 0.468 e. The fourth-order valence-electron chi connectivity index (χ4n) is 3.70. The first-order chi connectivity index (χ1) is 13.4. The van der Waals surface area contributed by atoms with Gasteiger partial charge in [-0.3, -0.25) is 9.89 Å². The molecule has 0 aromatic carbocycles. The van der Waals surface area contributed by atoms with Gasteiger partial charge in [-0.05, 0) is 50.9 Å². The second kappa shape index (κ2) is 11.3. The smallest absolute Gasteiger partial charge is 0.191 e. The number of aliphatic imine (C=N–C) groups is 1. The Kier molecular flexibility index (Phi) is 8.45. The Labute approximate surface area is 162 Å². The molecule has 7 nitrogen and oxygen atoms in total. The Balaban J connectivity index is 1.33. The summed E-state index contributed by atoms with van der Waals surface area (Å²) in [6.07, 6.45) is 6.36. The maximum absolute atomic E-state index is 5.75. The molecule has 0 spiro atoms. The Morgan fingerprint density at radius 1 is 1.37 bits per heavy atom. The zero-order valence-electron chi connectivity index (χ0n) is 16.5. The highest BCUT2D eigenvalue weighted by Gasteiger charge is 2.25. The molecule has 0 bridgehead atoms. The van der Waals surface area contributed by atoms with E-state index in [0.29, 0.717) is 5.92 Å². The Bertz CT molecular complexity index is 537. The van der Waals surface area contributed by atoms with Crippen LogP contribution in [0.1, 0.15) is 37.5 Å². The van der Waals surface area contributed by atoms with Crippen LogP contribution in [-0.4, -0.2) is 70.5 Å². The lowest BCUT2D eigenvalue weighted by atomic mass is 10.1. The van der Waals surface area contributed by atoms with Crippen LogP contribution in [0.3, 0.4) is 0 Å². The first kappa shape index (κ1) is 20.2. The molecule has 2 saturated heterocycles. The normalized spacial score (nSPS) is 22.3. The number of nitrogens with zero attached hydrogens (tertiary/aromatic N) is 2. The van der Waals surface area contributed by atoms with E-state index in [4.69, 9.17) is 13.9 Å². The fourth-order valence-corrected chi connectivity index (χ4v) is 3.70. The summed E-state index contributed by atoms with van der Waals surface area (Å²) < 4.78 is 16.8. The number of hydrogen-bond acceptors (Lipinski definition) is 5. The molecule has 152 valence electrons. The van der Waals surface area contributed by atoms with Crippen LogP contribution in [-0.2, 0) is 9.47 Å². The molecule has 3 heterocycles. The molecule has 0 radical (unpaired) electrons. The van der Waals surface area contributed by atoms with E-state index in [1.165, 1.54) is 12.8 Å². The molecule has 2 unspecified atom stereocenters. The van der Waals surface area contributed by atoms with Crippen LogP contribution in [0, 0.1) is 5.92 Å². The molecule has 3 rings (SSSR count). The minimum Gasteiger partial charge on any atom is -0.468 e. The van der Waals surface area contributed by atoms with Gasteiger partial charge in [0.2, 0.25) is 0 Å². The minimum absolute atomic E-state index is 0.248. The quantitative estimate of drug-likeness (QED) is 0.369. The maximum Gasteiger partial charge on any atom is 0.191 e. The average molecular weight is 379 g/mol. The highest BCUT2D eigenvalue weighted by molar-refractivity contribution is 5.79. The predicted octanol–water partition coefficient (Wildman–Crippen LogP) is 2.02. The summed E-state index contributed by atoms with van der Waals surface area (Å²) in [4.78, 5) is 6.82. The van der Waals surface area contributed by atoms with Crippen LogP contribution in [0.5, 0.6) is 0 Å². The molecule has 1 aromatic heterocycles. The van der Waals surface area contributed by atoms with E-state index in [0.717, 1.165) is 77.2 Å². The molecule has 0 saturated carbocycles. The van der Waals surface area contributed by atoms with Crippen LogP contribution in [0.4, 0.5) is 0 Å². The highest BCUT2D eigenvalue weighted by Crippen LogP contribution is 2.24. The van der Waals surface area contributed by atoms with Crippen molar-refractivity contribution in [1.82, 2.24) is 15.5 Å². The summed E-state index contributed by atoms with van der Waals surface area (Å²) in [6.45, 7) is 7.19. The van der Waals surface area contributed by atoms with Crippen molar-refractivity contribution >= 4 is 5.96 Å². The van der Waals surface area contributed by atoms with Gasteiger partial charge in [-0.2, -0.15) is 0 Å². The van der Waals surface area contributed by atoms with Gasteiger partial charge in [0, 0.05) is 39.3 Å². The van der Waals surface area contributed by atoms with E-state index in [2.05, 4.69) is 26.6 Å². The summed E-state index contributed by atoms with van der Waals surface area (Å²) in [5.41, 5.74) is 0. The zero-order valence-corrected chi connectivity index (χ0v) is 16.5. The van der Waals surface area contributed by atoms with Crippen molar-refractivity contribution in [3.8, 4) is 0 Å². The Hall–Kier alpha value is -1.57. The van der Waals surface area contributed by atoms with E-state index >= 15 is 0 Å². The van der Waals surface area contributed by atoms with E-state index in [1.807, 2.05) is 13.1 Å². The van der Waals surface area contributed by atoms with Crippen LogP contribution in [0.15, 0.2) is 27.8 Å². The first-order valence-corrected chi connectivity index (χ1v) is 10.2. The monoisotopic (exact) mass is 378 g/mol. The number of ether oxygens (including phenoxy) is 2. The number of hydrogen-bond donors (Lipinski definition) is 2. The average Bonchev–Trinajstić information content (AvgIpc) is 3.46. The topological polar surface area (TPSA) is 71.3 Å². The number of furan rings is 1. The minimum atomic E-state index is 0.248. The Morgan fingerprint density at radius 2 is 2.26 bits per heavy atom. The SMILES string of the molecule is CN=C(NCCCOCC1CCOC1)NCC(c1ccco1)N1CCCC1. The number of likely N-dealkylation sites (tertiary alicyclic amines) is 1. The zero-order chi connectivity index (χ0) is 18.7. The van der Waals surface area contributed by atoms with Gasteiger partial charge in [0.15, 0.2) is 5.96 Å². The first-order valence-electron chi connectivity index (χ1n) is 10.2. The number of nitrogens with one attached hydrogen (secondary N) is 2. The number of guanidine groups is 1. The summed E-state index contributed by atoms with van der Waals surface area (Å²) in [5.74, 6) is 2.43. The third-order valence-corrected chi connectivity index (χ3v) is 5.27. The molecule has 0 amide bonds. The third kappa shape index (κ3) is 6.52. The molecule has 2 atom stereocenters. The van der Waals surface area contributed by atoms with E-state index < -0.39 is 0 Å². The number of rotatable bonds is 10.